The van der Waals surface area contributed by atoms with Crippen molar-refractivity contribution in [2.24, 2.45) is 4.99 Å². The van der Waals surface area contributed by atoms with E-state index in [-0.39, 0.29) is 11.5 Å². The number of nitrogens with zero attached hydrogens (tertiary/aromatic N) is 2. The zero-order chi connectivity index (χ0) is 9.54. The Morgan fingerprint density at radius 1 is 1.57 bits per heavy atom. The number of fused-ring (bicyclic) bond motifs is 3. The van der Waals surface area contributed by atoms with Gasteiger partial charge in [-0.2, -0.15) is 0 Å². The first-order valence-electron chi connectivity index (χ1n) is 4.55. The lowest BCUT2D eigenvalue weighted by Crippen LogP contribution is -2.34. The fourth-order valence-electron chi connectivity index (χ4n) is 1.86. The van der Waals surface area contributed by atoms with Gasteiger partial charge in [0.1, 0.15) is 5.82 Å². The number of hydrogen-bond donors (Lipinski definition) is 1. The summed E-state index contributed by atoms with van der Waals surface area (Å²) in [6, 6.07) is 1.71. The Bertz CT molecular complexity index is 486. The van der Waals surface area contributed by atoms with Crippen molar-refractivity contribution < 1.29 is 0 Å². The van der Waals surface area contributed by atoms with E-state index in [0.29, 0.717) is 5.69 Å². The quantitative estimate of drug-likeness (QED) is 0.612. The zero-order valence-corrected chi connectivity index (χ0v) is 7.47. The maximum absolute atomic E-state index is 11.5. The highest BCUT2D eigenvalue weighted by molar-refractivity contribution is 5.85. The van der Waals surface area contributed by atoms with Crippen LogP contribution in [-0.4, -0.2) is 23.8 Å². The summed E-state index contributed by atoms with van der Waals surface area (Å²) in [6.45, 7) is 0.837. The molecule has 0 saturated heterocycles. The number of nitrogens with one attached hydrogen (secondary N) is 1. The SMILES string of the molecule is O=c1cc[nH]c2c1N=CC1C=CCN21. The third-order valence-electron chi connectivity index (χ3n) is 2.55. The van der Waals surface area contributed by atoms with Gasteiger partial charge >= 0.3 is 0 Å². The van der Waals surface area contributed by atoms with E-state index in [2.05, 4.69) is 27.0 Å². The van der Waals surface area contributed by atoms with Gasteiger partial charge in [-0.3, -0.25) is 9.79 Å². The molecule has 0 bridgehead atoms. The van der Waals surface area contributed by atoms with Gasteiger partial charge in [0.15, 0.2) is 5.69 Å². The van der Waals surface area contributed by atoms with Crippen LogP contribution in [0.3, 0.4) is 0 Å². The Kier molecular flexibility index (Phi) is 1.39. The summed E-state index contributed by atoms with van der Waals surface area (Å²) in [5.41, 5.74) is 0.493. The predicted octanol–water partition coefficient (Wildman–Crippen LogP) is 0.836. The molecule has 0 aromatic carbocycles. The summed E-state index contributed by atoms with van der Waals surface area (Å²) in [5, 5.41) is 0. The Hall–Kier alpha value is -1.84. The van der Waals surface area contributed by atoms with Crippen molar-refractivity contribution in [3.63, 3.8) is 0 Å². The highest BCUT2D eigenvalue weighted by Crippen LogP contribution is 2.29. The van der Waals surface area contributed by atoms with Gasteiger partial charge in [-0.25, -0.2) is 0 Å². The van der Waals surface area contributed by atoms with E-state index in [1.165, 1.54) is 6.07 Å². The van der Waals surface area contributed by atoms with Crippen molar-refractivity contribution in [2.75, 3.05) is 11.4 Å². The fraction of sp³-hybridized carbons (Fsp3) is 0.200. The van der Waals surface area contributed by atoms with Gasteiger partial charge in [0.05, 0.1) is 6.04 Å². The van der Waals surface area contributed by atoms with Gasteiger partial charge in [-0.15, -0.1) is 0 Å². The lowest BCUT2D eigenvalue weighted by Gasteiger charge is -2.27. The number of hydrogen-bond acceptors (Lipinski definition) is 3. The molecule has 14 heavy (non-hydrogen) atoms. The third-order valence-corrected chi connectivity index (χ3v) is 2.55. The molecule has 0 fully saturated rings. The van der Waals surface area contributed by atoms with Crippen molar-refractivity contribution in [2.45, 2.75) is 6.04 Å². The van der Waals surface area contributed by atoms with E-state index in [4.69, 9.17) is 0 Å². The molecule has 2 aliphatic rings. The average Bonchev–Trinajstić information content (AvgIpc) is 2.66. The van der Waals surface area contributed by atoms with Gasteiger partial charge in [-0.1, -0.05) is 12.2 Å². The molecule has 4 nitrogen and oxygen atoms in total. The van der Waals surface area contributed by atoms with Crippen molar-refractivity contribution in [3.05, 3.63) is 34.6 Å². The maximum Gasteiger partial charge on any atom is 0.209 e. The maximum atomic E-state index is 11.5. The van der Waals surface area contributed by atoms with E-state index in [9.17, 15) is 4.79 Å². The fourth-order valence-corrected chi connectivity index (χ4v) is 1.86. The smallest absolute Gasteiger partial charge is 0.209 e. The lowest BCUT2D eigenvalue weighted by atomic mass is 10.2. The van der Waals surface area contributed by atoms with Crippen molar-refractivity contribution in [1.82, 2.24) is 4.98 Å². The van der Waals surface area contributed by atoms with Crippen LogP contribution in [0.5, 0.6) is 0 Å². The van der Waals surface area contributed by atoms with Crippen molar-refractivity contribution in [1.29, 1.82) is 0 Å². The van der Waals surface area contributed by atoms with Crippen LogP contribution in [0.4, 0.5) is 11.5 Å². The number of pyridine rings is 1. The van der Waals surface area contributed by atoms with Crippen LogP contribution in [-0.2, 0) is 0 Å². The molecule has 4 heteroatoms. The Morgan fingerprint density at radius 2 is 2.50 bits per heavy atom. The van der Waals surface area contributed by atoms with Crippen LogP contribution >= 0.6 is 0 Å². The summed E-state index contributed by atoms with van der Waals surface area (Å²) < 4.78 is 0. The minimum absolute atomic E-state index is 0.0275. The summed E-state index contributed by atoms with van der Waals surface area (Å²) in [5.74, 6) is 0.829. The second-order valence-corrected chi connectivity index (χ2v) is 3.39. The molecule has 0 radical (unpaired) electrons. The number of anilines is 1. The van der Waals surface area contributed by atoms with Gasteiger partial charge in [-0.05, 0) is 0 Å². The second kappa shape index (κ2) is 2.57. The molecule has 3 heterocycles. The third kappa shape index (κ3) is 0.878. The highest BCUT2D eigenvalue weighted by Gasteiger charge is 2.25. The summed E-state index contributed by atoms with van der Waals surface area (Å²) in [7, 11) is 0. The van der Waals surface area contributed by atoms with Crippen LogP contribution in [0.2, 0.25) is 0 Å². The topological polar surface area (TPSA) is 48.5 Å². The van der Waals surface area contributed by atoms with Crippen LogP contribution < -0.4 is 10.3 Å². The molecule has 1 N–H and O–H groups in total. The molecule has 0 saturated carbocycles. The Morgan fingerprint density at radius 3 is 3.43 bits per heavy atom. The molecule has 3 rings (SSSR count). The summed E-state index contributed by atoms with van der Waals surface area (Å²) in [6.07, 6.45) is 7.63. The summed E-state index contributed by atoms with van der Waals surface area (Å²) >= 11 is 0. The van der Waals surface area contributed by atoms with E-state index < -0.39 is 0 Å². The first-order chi connectivity index (χ1) is 6.86. The van der Waals surface area contributed by atoms with E-state index >= 15 is 0 Å². The molecule has 0 amide bonds. The molecule has 2 aliphatic heterocycles. The van der Waals surface area contributed by atoms with E-state index in [1.807, 2.05) is 0 Å². The number of rotatable bonds is 0. The molecule has 1 aromatic heterocycles. The van der Waals surface area contributed by atoms with Gasteiger partial charge < -0.3 is 9.88 Å². The first-order valence-corrected chi connectivity index (χ1v) is 4.55. The van der Waals surface area contributed by atoms with Crippen molar-refractivity contribution >= 4 is 17.7 Å². The molecule has 1 aromatic rings. The van der Waals surface area contributed by atoms with Gasteiger partial charge in [0.25, 0.3) is 0 Å². The van der Waals surface area contributed by atoms with Gasteiger partial charge in [0.2, 0.25) is 5.43 Å². The minimum Gasteiger partial charge on any atom is -0.346 e. The average molecular weight is 187 g/mol. The Labute approximate surface area is 80.6 Å². The Balaban J connectivity index is 2.23. The molecular formula is C10H9N3O. The number of H-pyrrole nitrogens is 1. The second-order valence-electron chi connectivity index (χ2n) is 3.39. The molecule has 0 aliphatic carbocycles. The zero-order valence-electron chi connectivity index (χ0n) is 7.47. The monoisotopic (exact) mass is 187 g/mol. The van der Waals surface area contributed by atoms with Crippen LogP contribution in [0.1, 0.15) is 0 Å². The molecular weight excluding hydrogens is 178 g/mol. The van der Waals surface area contributed by atoms with Gasteiger partial charge in [0, 0.05) is 25.0 Å². The molecule has 1 atom stereocenters. The van der Waals surface area contributed by atoms with Crippen LogP contribution in [0, 0.1) is 0 Å². The van der Waals surface area contributed by atoms with Crippen LogP contribution in [0.25, 0.3) is 0 Å². The number of aromatic amines is 1. The lowest BCUT2D eigenvalue weighted by molar-refractivity contribution is 0.890. The minimum atomic E-state index is -0.0275. The highest BCUT2D eigenvalue weighted by atomic mass is 16.1. The number of aromatic nitrogens is 1. The van der Waals surface area contributed by atoms with E-state index in [1.54, 1.807) is 12.4 Å². The molecule has 70 valence electrons. The normalized spacial score (nSPS) is 22.3. The largest absolute Gasteiger partial charge is 0.346 e. The molecule has 1 unspecified atom stereocenters. The van der Waals surface area contributed by atoms with Crippen molar-refractivity contribution in [3.8, 4) is 0 Å². The molecule has 0 spiro atoms. The standard InChI is InChI=1S/C10H9N3O/c14-8-3-4-11-10-9(8)12-6-7-2-1-5-13(7)10/h1-4,6-7H,5H2,(H,11,14). The first kappa shape index (κ1) is 7.55. The van der Waals surface area contributed by atoms with Crippen LogP contribution in [0.15, 0.2) is 34.2 Å². The predicted molar refractivity (Wildman–Crippen MR) is 55.5 cm³/mol. The number of aliphatic imine (C=N–C) groups is 1. The summed E-state index contributed by atoms with van der Waals surface area (Å²) in [4.78, 5) is 20.8. The van der Waals surface area contributed by atoms with E-state index in [0.717, 1.165) is 12.4 Å².